The largest absolute Gasteiger partial charge is 0.488 e. The van der Waals surface area contributed by atoms with Gasteiger partial charge < -0.3 is 15.2 Å². The van der Waals surface area contributed by atoms with Crippen molar-refractivity contribution in [1.29, 1.82) is 0 Å². The van der Waals surface area contributed by atoms with Gasteiger partial charge in [-0.1, -0.05) is 42.5 Å². The maximum absolute atomic E-state index is 13.8. The molecule has 0 radical (unpaired) electrons. The van der Waals surface area contributed by atoms with Gasteiger partial charge in [-0.05, 0) is 43.4 Å². The maximum atomic E-state index is 13.8. The lowest BCUT2D eigenvalue weighted by atomic mass is 9.81. The Bertz CT molecular complexity index is 803. The Balaban J connectivity index is 1.65. The Morgan fingerprint density at radius 1 is 1.00 bits per heavy atom. The Morgan fingerprint density at radius 2 is 1.61 bits per heavy atom. The summed E-state index contributed by atoms with van der Waals surface area (Å²) in [6.45, 7) is 0.0984. The molecule has 5 nitrogen and oxygen atoms in total. The van der Waals surface area contributed by atoms with Gasteiger partial charge in [0.05, 0.1) is 12.0 Å². The van der Waals surface area contributed by atoms with Gasteiger partial charge >= 0.3 is 5.97 Å². The molecule has 1 unspecified atom stereocenters. The molecule has 0 bridgehead atoms. The summed E-state index contributed by atoms with van der Waals surface area (Å²) in [5, 5.41) is 12.1. The fourth-order valence-electron chi connectivity index (χ4n) is 3.53. The Hall–Kier alpha value is -2.89. The molecular weight excluding hydrogens is 361 g/mol. The van der Waals surface area contributed by atoms with Crippen LogP contribution < -0.4 is 10.1 Å². The number of amides is 1. The molecule has 3 rings (SSSR count). The second-order valence-electron chi connectivity index (χ2n) is 7.10. The Kier molecular flexibility index (Phi) is 6.63. The van der Waals surface area contributed by atoms with E-state index in [4.69, 9.17) is 9.84 Å². The van der Waals surface area contributed by atoms with E-state index in [0.29, 0.717) is 25.7 Å². The van der Waals surface area contributed by atoms with Crippen molar-refractivity contribution >= 4 is 11.9 Å². The second-order valence-corrected chi connectivity index (χ2v) is 7.10. The molecule has 148 valence electrons. The van der Waals surface area contributed by atoms with Gasteiger partial charge in [0.25, 0.3) is 0 Å². The third-order valence-corrected chi connectivity index (χ3v) is 5.21. The summed E-state index contributed by atoms with van der Waals surface area (Å²) in [6.07, 6.45) is 2.13. The van der Waals surface area contributed by atoms with E-state index in [0.717, 1.165) is 5.56 Å². The number of ether oxygens (including phenoxy) is 1. The maximum Gasteiger partial charge on any atom is 0.306 e. The number of benzene rings is 2. The van der Waals surface area contributed by atoms with E-state index < -0.39 is 17.8 Å². The van der Waals surface area contributed by atoms with Crippen molar-refractivity contribution in [3.63, 3.8) is 0 Å². The van der Waals surface area contributed by atoms with Crippen molar-refractivity contribution in [1.82, 2.24) is 5.32 Å². The van der Waals surface area contributed by atoms with E-state index in [9.17, 15) is 14.0 Å². The highest BCUT2D eigenvalue weighted by Gasteiger charge is 2.31. The predicted octanol–water partition coefficient (Wildman–Crippen LogP) is 3.95. The van der Waals surface area contributed by atoms with Crippen LogP contribution in [0.3, 0.4) is 0 Å². The van der Waals surface area contributed by atoms with Gasteiger partial charge in [0.2, 0.25) is 5.91 Å². The summed E-state index contributed by atoms with van der Waals surface area (Å²) in [5.41, 5.74) is 0.867. The van der Waals surface area contributed by atoms with Gasteiger partial charge in [0, 0.05) is 5.92 Å². The van der Waals surface area contributed by atoms with Crippen molar-refractivity contribution in [3.05, 3.63) is 66.0 Å². The molecule has 2 N–H and O–H groups in total. The Labute approximate surface area is 163 Å². The zero-order valence-corrected chi connectivity index (χ0v) is 15.5. The van der Waals surface area contributed by atoms with Crippen LogP contribution in [0.15, 0.2) is 54.6 Å². The molecule has 0 saturated heterocycles. The van der Waals surface area contributed by atoms with Crippen LogP contribution in [0.1, 0.15) is 37.3 Å². The van der Waals surface area contributed by atoms with E-state index >= 15 is 0 Å². The van der Waals surface area contributed by atoms with E-state index in [1.807, 2.05) is 30.3 Å². The van der Waals surface area contributed by atoms with Gasteiger partial charge in [-0.2, -0.15) is 0 Å². The number of carbonyl (C=O) groups excluding carboxylic acids is 1. The van der Waals surface area contributed by atoms with E-state index in [2.05, 4.69) is 5.32 Å². The molecule has 2 aromatic rings. The van der Waals surface area contributed by atoms with Crippen molar-refractivity contribution in [2.45, 2.75) is 31.7 Å². The monoisotopic (exact) mass is 385 g/mol. The van der Waals surface area contributed by atoms with Crippen molar-refractivity contribution in [2.75, 3.05) is 6.61 Å². The first-order valence-corrected chi connectivity index (χ1v) is 9.50. The number of carboxylic acids is 1. The van der Waals surface area contributed by atoms with Crippen LogP contribution in [0.25, 0.3) is 0 Å². The van der Waals surface area contributed by atoms with Crippen molar-refractivity contribution in [2.24, 2.45) is 11.8 Å². The molecule has 1 saturated carbocycles. The number of carboxylic acid groups (broad SMARTS) is 1. The number of nitrogens with one attached hydrogen (secondary N) is 1. The number of hydrogen-bond donors (Lipinski definition) is 2. The van der Waals surface area contributed by atoms with Crippen LogP contribution >= 0.6 is 0 Å². The van der Waals surface area contributed by atoms with Crippen LogP contribution in [-0.4, -0.2) is 23.6 Å². The van der Waals surface area contributed by atoms with Crippen LogP contribution in [-0.2, 0) is 9.59 Å². The molecule has 0 spiro atoms. The quantitative estimate of drug-likeness (QED) is 0.757. The van der Waals surface area contributed by atoms with Crippen LogP contribution in [0.4, 0.5) is 4.39 Å². The molecule has 0 heterocycles. The first-order valence-electron chi connectivity index (χ1n) is 9.50. The molecule has 28 heavy (non-hydrogen) atoms. The average molecular weight is 385 g/mol. The number of aliphatic carboxylic acids is 1. The molecule has 0 aliphatic heterocycles. The Morgan fingerprint density at radius 3 is 2.25 bits per heavy atom. The molecule has 1 atom stereocenters. The topological polar surface area (TPSA) is 75.6 Å². The van der Waals surface area contributed by atoms with Gasteiger partial charge in [0.1, 0.15) is 6.61 Å². The molecule has 1 amide bonds. The normalized spacial score (nSPS) is 20.2. The number of carbonyl (C=O) groups is 2. The highest BCUT2D eigenvalue weighted by molar-refractivity contribution is 5.79. The number of hydrogen-bond acceptors (Lipinski definition) is 3. The summed E-state index contributed by atoms with van der Waals surface area (Å²) in [4.78, 5) is 23.8. The molecule has 2 aromatic carbocycles. The third-order valence-electron chi connectivity index (χ3n) is 5.21. The van der Waals surface area contributed by atoms with Gasteiger partial charge in [-0.15, -0.1) is 0 Å². The molecule has 1 aliphatic rings. The predicted molar refractivity (Wildman–Crippen MR) is 102 cm³/mol. The fraction of sp³-hybridized carbons (Fsp3) is 0.364. The van der Waals surface area contributed by atoms with E-state index in [-0.39, 0.29) is 30.1 Å². The van der Waals surface area contributed by atoms with Gasteiger partial charge in [0.15, 0.2) is 11.6 Å². The van der Waals surface area contributed by atoms with E-state index in [1.54, 1.807) is 18.2 Å². The SMILES string of the molecule is O=C(O)C1CCC(C(=O)NC(COc2ccccc2F)c2ccccc2)CC1. The summed E-state index contributed by atoms with van der Waals surface area (Å²) in [5.74, 6) is -1.80. The molecule has 1 aliphatic carbocycles. The highest BCUT2D eigenvalue weighted by atomic mass is 19.1. The second kappa shape index (κ2) is 9.35. The lowest BCUT2D eigenvalue weighted by Gasteiger charge is -2.27. The first kappa shape index (κ1) is 19.9. The highest BCUT2D eigenvalue weighted by Crippen LogP contribution is 2.30. The first-order chi connectivity index (χ1) is 13.5. The summed E-state index contributed by atoms with van der Waals surface area (Å²) in [7, 11) is 0. The van der Waals surface area contributed by atoms with Gasteiger partial charge in [-0.3, -0.25) is 9.59 Å². The van der Waals surface area contributed by atoms with Crippen LogP contribution in [0.5, 0.6) is 5.75 Å². The fourth-order valence-corrected chi connectivity index (χ4v) is 3.53. The third kappa shape index (κ3) is 5.09. The zero-order valence-electron chi connectivity index (χ0n) is 15.5. The minimum Gasteiger partial charge on any atom is -0.488 e. The minimum atomic E-state index is -0.792. The summed E-state index contributed by atoms with van der Waals surface area (Å²) in [6, 6.07) is 15.1. The van der Waals surface area contributed by atoms with Crippen LogP contribution in [0.2, 0.25) is 0 Å². The van der Waals surface area contributed by atoms with E-state index in [1.165, 1.54) is 6.07 Å². The summed E-state index contributed by atoms with van der Waals surface area (Å²) < 4.78 is 19.5. The number of rotatable bonds is 7. The lowest BCUT2D eigenvalue weighted by molar-refractivity contribution is -0.144. The van der Waals surface area contributed by atoms with Crippen LogP contribution in [0, 0.1) is 17.7 Å². The summed E-state index contributed by atoms with van der Waals surface area (Å²) >= 11 is 0. The standard InChI is InChI=1S/C22H24FNO4/c23-18-8-4-5-9-20(18)28-14-19(15-6-2-1-3-7-15)24-21(25)16-10-12-17(13-11-16)22(26)27/h1-9,16-17,19H,10-14H2,(H,24,25)(H,26,27). The molecular formula is C22H24FNO4. The minimum absolute atomic E-state index is 0.0984. The smallest absolute Gasteiger partial charge is 0.306 e. The average Bonchev–Trinajstić information content (AvgIpc) is 2.72. The van der Waals surface area contributed by atoms with Crippen molar-refractivity contribution < 1.29 is 23.8 Å². The zero-order chi connectivity index (χ0) is 19.9. The number of halogens is 1. The molecule has 0 aromatic heterocycles. The molecule has 1 fully saturated rings. The molecule has 6 heteroatoms. The van der Waals surface area contributed by atoms with Crippen molar-refractivity contribution in [3.8, 4) is 5.75 Å². The van der Waals surface area contributed by atoms with Gasteiger partial charge in [-0.25, -0.2) is 4.39 Å². The lowest BCUT2D eigenvalue weighted by Crippen LogP contribution is -2.38. The number of para-hydroxylation sites is 1.